The van der Waals surface area contributed by atoms with Crippen LogP contribution in [-0.2, 0) is 22.1 Å². The number of rotatable bonds is 3. The van der Waals surface area contributed by atoms with Gasteiger partial charge in [0.1, 0.15) is 5.56 Å². The Morgan fingerprint density at radius 1 is 1.05 bits per heavy atom. The van der Waals surface area contributed by atoms with Crippen molar-refractivity contribution in [3.05, 3.63) is 64.6 Å². The average Bonchev–Trinajstić information content (AvgIpc) is 2.42. The molecule has 2 rings (SSSR count). The van der Waals surface area contributed by atoms with Crippen LogP contribution in [-0.4, -0.2) is 13.0 Å². The quantitative estimate of drug-likeness (QED) is 0.870. The Morgan fingerprint density at radius 3 is 2.25 bits per heavy atom. The average molecular weight is 299 g/mol. The van der Waals surface area contributed by atoms with Gasteiger partial charge in [-0.3, -0.25) is 4.79 Å². The van der Waals surface area contributed by atoms with E-state index in [1.165, 1.54) is 37.5 Å². The molecule has 0 saturated carbocycles. The monoisotopic (exact) mass is 299 g/mol. The lowest BCUT2D eigenvalue weighted by molar-refractivity contribution is 0.0884. The maximum Gasteiger partial charge on any atom is 0.380 e. The zero-order valence-corrected chi connectivity index (χ0v) is 11.3. The zero-order valence-electron chi connectivity index (χ0n) is 10.5. The molecule has 0 aliphatic heterocycles. The van der Waals surface area contributed by atoms with Gasteiger partial charge in [-0.1, -0.05) is 18.2 Å². The molecule has 0 bridgehead atoms. The summed E-state index contributed by atoms with van der Waals surface area (Å²) in [4.78, 5) is 11.2. The molecule has 0 unspecified atom stereocenters. The number of pyridine rings is 1. The van der Waals surface area contributed by atoms with Crippen LogP contribution in [0.2, 0.25) is 0 Å². The molecule has 1 aromatic carbocycles. The standard InChI is InChI=1S/C13H11F2NO3S/c1-16-9-5-8-11(12(16)17)13(14,15)20(18,19)10-6-3-2-4-7-10/h2-9H,1H3. The Hall–Kier alpha value is -2.02. The maximum absolute atomic E-state index is 14.3. The van der Waals surface area contributed by atoms with Crippen LogP contribution in [0.1, 0.15) is 5.56 Å². The molecule has 1 heterocycles. The van der Waals surface area contributed by atoms with Gasteiger partial charge in [0.15, 0.2) is 0 Å². The molecule has 0 atom stereocenters. The van der Waals surface area contributed by atoms with Gasteiger partial charge >= 0.3 is 5.25 Å². The van der Waals surface area contributed by atoms with E-state index in [1.807, 2.05) is 0 Å². The number of halogens is 2. The molecule has 0 amide bonds. The van der Waals surface area contributed by atoms with E-state index >= 15 is 0 Å². The molecule has 0 radical (unpaired) electrons. The summed E-state index contributed by atoms with van der Waals surface area (Å²) >= 11 is 0. The topological polar surface area (TPSA) is 56.1 Å². The highest BCUT2D eigenvalue weighted by Gasteiger charge is 2.49. The van der Waals surface area contributed by atoms with Crippen LogP contribution >= 0.6 is 0 Å². The highest BCUT2D eigenvalue weighted by Crippen LogP contribution is 2.36. The van der Waals surface area contributed by atoms with Crippen LogP contribution in [0.25, 0.3) is 0 Å². The van der Waals surface area contributed by atoms with Crippen molar-refractivity contribution in [3.63, 3.8) is 0 Å². The number of benzene rings is 1. The smallest absolute Gasteiger partial charge is 0.318 e. The second kappa shape index (κ2) is 4.82. The third kappa shape index (κ3) is 2.14. The summed E-state index contributed by atoms with van der Waals surface area (Å²) in [5.41, 5.74) is -2.11. The molecule has 0 saturated heterocycles. The van der Waals surface area contributed by atoms with Crippen molar-refractivity contribution in [2.24, 2.45) is 7.05 Å². The first-order valence-corrected chi connectivity index (χ1v) is 7.10. The van der Waals surface area contributed by atoms with Crippen molar-refractivity contribution >= 4 is 9.84 Å². The lowest BCUT2D eigenvalue weighted by Gasteiger charge is -2.17. The highest BCUT2D eigenvalue weighted by molar-refractivity contribution is 7.92. The number of sulfone groups is 1. The Kier molecular flexibility index (Phi) is 3.47. The predicted molar refractivity (Wildman–Crippen MR) is 69.2 cm³/mol. The van der Waals surface area contributed by atoms with Gasteiger partial charge in [-0.25, -0.2) is 8.42 Å². The summed E-state index contributed by atoms with van der Waals surface area (Å²) in [5.74, 6) is 0. The highest BCUT2D eigenvalue weighted by atomic mass is 32.2. The zero-order chi connectivity index (χ0) is 15.0. The Labute approximate surface area is 114 Å². The Bertz CT molecular complexity index is 783. The first-order valence-electron chi connectivity index (χ1n) is 5.62. The molecular formula is C13H11F2NO3S. The summed E-state index contributed by atoms with van der Waals surface area (Å²) in [6.45, 7) is 0. The van der Waals surface area contributed by atoms with Crippen molar-refractivity contribution in [2.45, 2.75) is 10.2 Å². The van der Waals surface area contributed by atoms with Gasteiger partial charge in [0.05, 0.1) is 4.90 Å². The number of hydrogen-bond donors (Lipinski definition) is 0. The van der Waals surface area contributed by atoms with Crippen LogP contribution in [0.4, 0.5) is 8.78 Å². The number of nitrogens with zero attached hydrogens (tertiary/aromatic N) is 1. The van der Waals surface area contributed by atoms with Crippen molar-refractivity contribution in [1.29, 1.82) is 0 Å². The SMILES string of the molecule is Cn1cccc(C(F)(F)S(=O)(=O)c2ccccc2)c1=O. The van der Waals surface area contributed by atoms with Crippen LogP contribution in [0.5, 0.6) is 0 Å². The van der Waals surface area contributed by atoms with Crippen molar-refractivity contribution in [3.8, 4) is 0 Å². The van der Waals surface area contributed by atoms with E-state index in [0.29, 0.717) is 0 Å². The molecule has 2 aromatic rings. The predicted octanol–water partition coefficient (Wildman–Crippen LogP) is 1.91. The van der Waals surface area contributed by atoms with E-state index in [-0.39, 0.29) is 0 Å². The lowest BCUT2D eigenvalue weighted by Crippen LogP contribution is -2.34. The summed E-state index contributed by atoms with van der Waals surface area (Å²) in [5, 5.41) is -4.29. The van der Waals surface area contributed by atoms with Crippen molar-refractivity contribution in [1.82, 2.24) is 4.57 Å². The summed E-state index contributed by atoms with van der Waals surface area (Å²) < 4.78 is 53.5. The number of alkyl halides is 2. The fraction of sp³-hybridized carbons (Fsp3) is 0.154. The first kappa shape index (κ1) is 14.4. The fourth-order valence-corrected chi connectivity index (χ4v) is 2.97. The second-order valence-electron chi connectivity index (χ2n) is 4.17. The third-order valence-electron chi connectivity index (χ3n) is 2.83. The van der Waals surface area contributed by atoms with E-state index < -0.39 is 31.1 Å². The van der Waals surface area contributed by atoms with Gasteiger partial charge in [-0.2, -0.15) is 8.78 Å². The van der Waals surface area contributed by atoms with Gasteiger partial charge in [0, 0.05) is 13.2 Å². The minimum atomic E-state index is -4.98. The lowest BCUT2D eigenvalue weighted by atomic mass is 10.3. The first-order chi connectivity index (χ1) is 9.28. The van der Waals surface area contributed by atoms with E-state index in [1.54, 1.807) is 0 Å². The molecule has 0 fully saturated rings. The van der Waals surface area contributed by atoms with E-state index in [2.05, 4.69) is 0 Å². The van der Waals surface area contributed by atoms with E-state index in [0.717, 1.165) is 22.8 Å². The molecule has 0 aliphatic carbocycles. The van der Waals surface area contributed by atoms with Crippen LogP contribution in [0, 0.1) is 0 Å². The molecule has 106 valence electrons. The summed E-state index contributed by atoms with van der Waals surface area (Å²) in [6.07, 6.45) is 1.27. The summed E-state index contributed by atoms with van der Waals surface area (Å²) in [7, 11) is -3.70. The van der Waals surface area contributed by atoms with Crippen LogP contribution in [0.15, 0.2) is 58.4 Å². The number of aryl methyl sites for hydroxylation is 1. The van der Waals surface area contributed by atoms with Gasteiger partial charge in [0.25, 0.3) is 5.56 Å². The molecule has 20 heavy (non-hydrogen) atoms. The number of hydrogen-bond acceptors (Lipinski definition) is 3. The fourth-order valence-electron chi connectivity index (χ4n) is 1.71. The Balaban J connectivity index is 2.67. The summed E-state index contributed by atoms with van der Waals surface area (Å²) in [6, 6.07) is 8.35. The van der Waals surface area contributed by atoms with E-state index in [9.17, 15) is 22.0 Å². The Morgan fingerprint density at radius 2 is 1.65 bits per heavy atom. The number of aromatic nitrogens is 1. The van der Waals surface area contributed by atoms with Crippen molar-refractivity contribution < 1.29 is 17.2 Å². The molecular weight excluding hydrogens is 288 g/mol. The van der Waals surface area contributed by atoms with E-state index in [4.69, 9.17) is 0 Å². The molecule has 1 aromatic heterocycles. The van der Waals surface area contributed by atoms with Crippen molar-refractivity contribution in [2.75, 3.05) is 0 Å². The maximum atomic E-state index is 14.3. The van der Waals surface area contributed by atoms with Crippen LogP contribution < -0.4 is 5.56 Å². The van der Waals surface area contributed by atoms with Gasteiger partial charge in [-0.15, -0.1) is 0 Å². The normalized spacial score (nSPS) is 12.3. The second-order valence-corrected chi connectivity index (χ2v) is 6.16. The molecule has 0 aliphatic rings. The van der Waals surface area contributed by atoms with Gasteiger partial charge in [-0.05, 0) is 24.3 Å². The molecule has 4 nitrogen and oxygen atoms in total. The molecule has 7 heteroatoms. The van der Waals surface area contributed by atoms with Crippen LogP contribution in [0.3, 0.4) is 0 Å². The largest absolute Gasteiger partial charge is 0.380 e. The molecule has 0 spiro atoms. The van der Waals surface area contributed by atoms with Gasteiger partial charge in [0.2, 0.25) is 9.84 Å². The third-order valence-corrected chi connectivity index (χ3v) is 4.62. The molecule has 0 N–H and O–H groups in total. The van der Waals surface area contributed by atoms with Gasteiger partial charge < -0.3 is 4.57 Å². The minimum absolute atomic E-state index is 0.532. The minimum Gasteiger partial charge on any atom is -0.318 e.